The van der Waals surface area contributed by atoms with Gasteiger partial charge in [-0.1, -0.05) is 19.1 Å². The summed E-state index contributed by atoms with van der Waals surface area (Å²) in [6.07, 6.45) is 4.02. The molecule has 0 bridgehead atoms. The highest BCUT2D eigenvalue weighted by atomic mass is 16.5. The van der Waals surface area contributed by atoms with E-state index in [-0.39, 0.29) is 0 Å². The summed E-state index contributed by atoms with van der Waals surface area (Å²) in [7, 11) is 1.71. The summed E-state index contributed by atoms with van der Waals surface area (Å²) in [5, 5.41) is 3.62. The number of hydrogen-bond acceptors (Lipinski definition) is 2. The van der Waals surface area contributed by atoms with Crippen molar-refractivity contribution >= 4 is 0 Å². The van der Waals surface area contributed by atoms with Crippen LogP contribution in [0.15, 0.2) is 24.3 Å². The molecular weight excluding hydrogens is 198 g/mol. The molecule has 2 rings (SSSR count). The molecular formula is C14H21NO. The normalized spacial score (nSPS) is 24.6. The van der Waals surface area contributed by atoms with E-state index in [9.17, 15) is 0 Å². The number of ether oxygens (including phenoxy) is 1. The van der Waals surface area contributed by atoms with Gasteiger partial charge in [-0.15, -0.1) is 0 Å². The van der Waals surface area contributed by atoms with E-state index in [0.29, 0.717) is 6.04 Å². The standard InChI is InChI=1S/C14H21NO/c1-11-6-7-13(8-11)15-10-12-4-3-5-14(9-12)16-2/h3-5,9,11,13,15H,6-8,10H2,1-2H3. The lowest BCUT2D eigenvalue weighted by molar-refractivity contribution is 0.413. The molecule has 1 aliphatic rings. The molecule has 16 heavy (non-hydrogen) atoms. The summed E-state index contributed by atoms with van der Waals surface area (Å²) in [5.41, 5.74) is 1.30. The average molecular weight is 219 g/mol. The Morgan fingerprint density at radius 2 is 2.25 bits per heavy atom. The van der Waals surface area contributed by atoms with Gasteiger partial charge in [0, 0.05) is 12.6 Å². The topological polar surface area (TPSA) is 21.3 Å². The Labute approximate surface area is 98.0 Å². The van der Waals surface area contributed by atoms with E-state index in [1.54, 1.807) is 7.11 Å². The molecule has 0 aromatic heterocycles. The van der Waals surface area contributed by atoms with Crippen molar-refractivity contribution in [1.82, 2.24) is 5.32 Å². The van der Waals surface area contributed by atoms with Gasteiger partial charge in [0.2, 0.25) is 0 Å². The van der Waals surface area contributed by atoms with E-state index in [2.05, 4.69) is 24.4 Å². The zero-order chi connectivity index (χ0) is 11.4. The van der Waals surface area contributed by atoms with Crippen LogP contribution in [-0.2, 0) is 6.54 Å². The largest absolute Gasteiger partial charge is 0.497 e. The first-order valence-corrected chi connectivity index (χ1v) is 6.14. The molecule has 1 N–H and O–H groups in total. The Balaban J connectivity index is 1.84. The van der Waals surface area contributed by atoms with Crippen molar-refractivity contribution in [2.75, 3.05) is 7.11 Å². The van der Waals surface area contributed by atoms with Gasteiger partial charge in [0.05, 0.1) is 7.11 Å². The van der Waals surface area contributed by atoms with Gasteiger partial charge in [0.1, 0.15) is 5.75 Å². The maximum atomic E-state index is 5.22. The van der Waals surface area contributed by atoms with Crippen molar-refractivity contribution in [1.29, 1.82) is 0 Å². The zero-order valence-electron chi connectivity index (χ0n) is 10.2. The maximum Gasteiger partial charge on any atom is 0.119 e. The first-order chi connectivity index (χ1) is 7.78. The van der Waals surface area contributed by atoms with Crippen molar-refractivity contribution in [3.05, 3.63) is 29.8 Å². The molecule has 0 amide bonds. The Kier molecular flexibility index (Phi) is 3.83. The first-order valence-electron chi connectivity index (χ1n) is 6.14. The van der Waals surface area contributed by atoms with Gasteiger partial charge >= 0.3 is 0 Å². The van der Waals surface area contributed by atoms with E-state index >= 15 is 0 Å². The molecule has 0 radical (unpaired) electrons. The molecule has 1 saturated carbocycles. The lowest BCUT2D eigenvalue weighted by atomic mass is 10.1. The van der Waals surface area contributed by atoms with Gasteiger partial charge < -0.3 is 10.1 Å². The second kappa shape index (κ2) is 5.35. The van der Waals surface area contributed by atoms with Gasteiger partial charge in [0.25, 0.3) is 0 Å². The summed E-state index contributed by atoms with van der Waals surface area (Å²) >= 11 is 0. The van der Waals surface area contributed by atoms with E-state index in [0.717, 1.165) is 18.2 Å². The number of rotatable bonds is 4. The molecule has 0 spiro atoms. The summed E-state index contributed by atoms with van der Waals surface area (Å²) in [4.78, 5) is 0. The van der Waals surface area contributed by atoms with Crippen LogP contribution in [0.25, 0.3) is 0 Å². The van der Waals surface area contributed by atoms with Crippen LogP contribution in [0.4, 0.5) is 0 Å². The molecule has 1 aromatic carbocycles. The van der Waals surface area contributed by atoms with E-state index < -0.39 is 0 Å². The van der Waals surface area contributed by atoms with Crippen LogP contribution in [0, 0.1) is 5.92 Å². The third-order valence-corrected chi connectivity index (χ3v) is 3.42. The third-order valence-electron chi connectivity index (χ3n) is 3.42. The van der Waals surface area contributed by atoms with Crippen LogP contribution >= 0.6 is 0 Å². The molecule has 2 heteroatoms. The molecule has 1 aromatic rings. The zero-order valence-corrected chi connectivity index (χ0v) is 10.2. The molecule has 2 unspecified atom stereocenters. The van der Waals surface area contributed by atoms with E-state index in [4.69, 9.17) is 4.74 Å². The molecule has 0 heterocycles. The fourth-order valence-corrected chi connectivity index (χ4v) is 2.44. The first kappa shape index (κ1) is 11.5. The average Bonchev–Trinajstić information content (AvgIpc) is 2.73. The number of nitrogens with one attached hydrogen (secondary N) is 1. The third kappa shape index (κ3) is 2.99. The monoisotopic (exact) mass is 219 g/mol. The minimum absolute atomic E-state index is 0.709. The number of methoxy groups -OCH3 is 1. The number of hydrogen-bond donors (Lipinski definition) is 1. The Bertz CT molecular complexity index is 337. The lowest BCUT2D eigenvalue weighted by Crippen LogP contribution is -2.25. The smallest absolute Gasteiger partial charge is 0.119 e. The second-order valence-electron chi connectivity index (χ2n) is 4.85. The van der Waals surface area contributed by atoms with Crippen molar-refractivity contribution in [2.24, 2.45) is 5.92 Å². The lowest BCUT2D eigenvalue weighted by Gasteiger charge is -2.12. The minimum Gasteiger partial charge on any atom is -0.497 e. The van der Waals surface area contributed by atoms with Crippen LogP contribution in [0.1, 0.15) is 31.7 Å². The molecule has 1 fully saturated rings. The molecule has 0 aliphatic heterocycles. The predicted molar refractivity (Wildman–Crippen MR) is 66.6 cm³/mol. The maximum absolute atomic E-state index is 5.22. The van der Waals surface area contributed by atoms with Crippen LogP contribution in [0.5, 0.6) is 5.75 Å². The Morgan fingerprint density at radius 1 is 1.38 bits per heavy atom. The van der Waals surface area contributed by atoms with E-state index in [1.165, 1.54) is 24.8 Å². The SMILES string of the molecule is COc1cccc(CNC2CCC(C)C2)c1. The predicted octanol–water partition coefficient (Wildman–Crippen LogP) is 2.97. The highest BCUT2D eigenvalue weighted by Crippen LogP contribution is 2.25. The summed E-state index contributed by atoms with van der Waals surface area (Å²) in [6, 6.07) is 8.99. The molecule has 1 aliphatic carbocycles. The van der Waals surface area contributed by atoms with Gasteiger partial charge in [-0.25, -0.2) is 0 Å². The molecule has 0 saturated heterocycles. The van der Waals surface area contributed by atoms with Gasteiger partial charge in [0.15, 0.2) is 0 Å². The van der Waals surface area contributed by atoms with Gasteiger partial charge in [-0.05, 0) is 42.9 Å². The highest BCUT2D eigenvalue weighted by Gasteiger charge is 2.20. The van der Waals surface area contributed by atoms with Crippen molar-refractivity contribution < 1.29 is 4.74 Å². The van der Waals surface area contributed by atoms with Gasteiger partial charge in [-0.2, -0.15) is 0 Å². The van der Waals surface area contributed by atoms with Crippen LogP contribution in [0.2, 0.25) is 0 Å². The van der Waals surface area contributed by atoms with Crippen LogP contribution in [-0.4, -0.2) is 13.2 Å². The van der Waals surface area contributed by atoms with Crippen LogP contribution < -0.4 is 10.1 Å². The minimum atomic E-state index is 0.709. The van der Waals surface area contributed by atoms with Crippen molar-refractivity contribution in [3.63, 3.8) is 0 Å². The Hall–Kier alpha value is -1.02. The van der Waals surface area contributed by atoms with E-state index in [1.807, 2.05) is 12.1 Å². The quantitative estimate of drug-likeness (QED) is 0.840. The second-order valence-corrected chi connectivity index (χ2v) is 4.85. The molecule has 2 atom stereocenters. The Morgan fingerprint density at radius 3 is 2.94 bits per heavy atom. The van der Waals surface area contributed by atoms with Crippen molar-refractivity contribution in [2.45, 2.75) is 38.8 Å². The molecule has 88 valence electrons. The highest BCUT2D eigenvalue weighted by molar-refractivity contribution is 5.28. The van der Waals surface area contributed by atoms with Crippen LogP contribution in [0.3, 0.4) is 0 Å². The summed E-state index contributed by atoms with van der Waals surface area (Å²) in [6.45, 7) is 3.29. The number of benzene rings is 1. The fourth-order valence-electron chi connectivity index (χ4n) is 2.44. The van der Waals surface area contributed by atoms with Crippen molar-refractivity contribution in [3.8, 4) is 5.75 Å². The fraction of sp³-hybridized carbons (Fsp3) is 0.571. The summed E-state index contributed by atoms with van der Waals surface area (Å²) < 4.78 is 5.22. The molecule has 2 nitrogen and oxygen atoms in total. The summed E-state index contributed by atoms with van der Waals surface area (Å²) in [5.74, 6) is 1.84. The van der Waals surface area contributed by atoms with Gasteiger partial charge in [-0.3, -0.25) is 0 Å².